The Morgan fingerprint density at radius 1 is 1.33 bits per heavy atom. The summed E-state index contributed by atoms with van der Waals surface area (Å²) >= 11 is 3.90. The predicted octanol–water partition coefficient (Wildman–Crippen LogP) is 5.46. The van der Waals surface area contributed by atoms with Gasteiger partial charge in [0.25, 0.3) is 5.24 Å². The highest BCUT2D eigenvalue weighted by molar-refractivity contribution is 7.96. The number of fused-ring (bicyclic) bond motifs is 3. The molecular weight excluding hydrogens is 314 g/mol. The van der Waals surface area contributed by atoms with Crippen molar-refractivity contribution in [2.24, 2.45) is 11.3 Å². The summed E-state index contributed by atoms with van der Waals surface area (Å²) in [6.45, 7) is 10.1. The number of aryl methyl sites for hydroxylation is 1. The lowest BCUT2D eigenvalue weighted by Gasteiger charge is -2.55. The van der Waals surface area contributed by atoms with Crippen molar-refractivity contribution < 1.29 is 4.79 Å². The number of nitrogens with one attached hydrogen (secondary N) is 1. The molecule has 2 aliphatic rings. The lowest BCUT2D eigenvalue weighted by molar-refractivity contribution is 0.0284. The maximum atomic E-state index is 11.3. The second-order valence-electron chi connectivity index (χ2n) is 8.75. The SMILES string of the molecule is CC(C)c1ccc2c(c1)CCC1C(C)(CNC(=O)S)CCCC21C. The number of hydrogen-bond acceptors (Lipinski definition) is 1. The van der Waals surface area contributed by atoms with Crippen molar-refractivity contribution in [3.63, 3.8) is 0 Å². The molecule has 24 heavy (non-hydrogen) atoms. The zero-order valence-electron chi connectivity index (χ0n) is 15.5. The lowest BCUT2D eigenvalue weighted by atomic mass is 9.49. The van der Waals surface area contributed by atoms with E-state index >= 15 is 0 Å². The summed E-state index contributed by atoms with van der Waals surface area (Å²) in [5.74, 6) is 1.21. The van der Waals surface area contributed by atoms with Crippen LogP contribution in [-0.2, 0) is 11.8 Å². The van der Waals surface area contributed by atoms with Gasteiger partial charge in [0.05, 0.1) is 0 Å². The minimum Gasteiger partial charge on any atom is -0.347 e. The molecule has 1 aromatic rings. The summed E-state index contributed by atoms with van der Waals surface area (Å²) in [5, 5.41) is 2.77. The van der Waals surface area contributed by atoms with Crippen LogP contribution in [0.3, 0.4) is 0 Å². The molecule has 132 valence electrons. The Morgan fingerprint density at radius 3 is 2.75 bits per heavy atom. The minimum atomic E-state index is -0.207. The summed E-state index contributed by atoms with van der Waals surface area (Å²) in [4.78, 5) is 11.3. The Labute approximate surface area is 152 Å². The van der Waals surface area contributed by atoms with Crippen LogP contribution in [0.15, 0.2) is 18.2 Å². The number of rotatable bonds is 3. The third-order valence-corrected chi connectivity index (χ3v) is 6.97. The molecule has 1 N–H and O–H groups in total. The number of carbonyl (C=O) groups excluding carboxylic acids is 1. The van der Waals surface area contributed by atoms with Gasteiger partial charge in [-0.3, -0.25) is 4.79 Å². The van der Waals surface area contributed by atoms with Crippen LogP contribution >= 0.6 is 12.6 Å². The molecule has 3 heteroatoms. The molecule has 3 unspecified atom stereocenters. The quantitative estimate of drug-likeness (QED) is 0.700. The second-order valence-corrected chi connectivity index (χ2v) is 9.15. The van der Waals surface area contributed by atoms with Gasteiger partial charge >= 0.3 is 0 Å². The second kappa shape index (κ2) is 6.40. The number of hydrogen-bond donors (Lipinski definition) is 2. The topological polar surface area (TPSA) is 29.1 Å². The van der Waals surface area contributed by atoms with Crippen molar-refractivity contribution >= 4 is 17.9 Å². The molecule has 0 radical (unpaired) electrons. The molecule has 1 aromatic carbocycles. The summed E-state index contributed by atoms with van der Waals surface area (Å²) in [6, 6.07) is 7.18. The number of thiol groups is 1. The molecule has 0 aromatic heterocycles. The van der Waals surface area contributed by atoms with Crippen molar-refractivity contribution in [1.82, 2.24) is 5.32 Å². The fourth-order valence-corrected chi connectivity index (χ4v) is 5.57. The van der Waals surface area contributed by atoms with E-state index in [4.69, 9.17) is 0 Å². The van der Waals surface area contributed by atoms with Gasteiger partial charge in [0, 0.05) is 6.54 Å². The first kappa shape index (κ1) is 17.8. The zero-order chi connectivity index (χ0) is 17.5. The van der Waals surface area contributed by atoms with Crippen LogP contribution in [-0.4, -0.2) is 11.8 Å². The van der Waals surface area contributed by atoms with Crippen LogP contribution in [0.4, 0.5) is 4.79 Å². The van der Waals surface area contributed by atoms with Gasteiger partial charge < -0.3 is 5.32 Å². The first-order valence-corrected chi connectivity index (χ1v) is 9.81. The van der Waals surface area contributed by atoms with Crippen LogP contribution in [0.2, 0.25) is 0 Å². The van der Waals surface area contributed by atoms with Gasteiger partial charge in [-0.15, -0.1) is 0 Å². The molecule has 0 aliphatic heterocycles. The van der Waals surface area contributed by atoms with Crippen molar-refractivity contribution in [3.05, 3.63) is 34.9 Å². The smallest absolute Gasteiger partial charge is 0.275 e. The van der Waals surface area contributed by atoms with Crippen molar-refractivity contribution in [3.8, 4) is 0 Å². The van der Waals surface area contributed by atoms with E-state index in [2.05, 4.69) is 63.8 Å². The molecule has 0 spiro atoms. The standard InChI is InChI=1S/C21H31NOS/c1-14(2)15-6-8-17-16(12-15)7-9-18-20(3,13-22-19(23)24)10-5-11-21(17,18)4/h6,8,12,14,18H,5,7,9-11,13H2,1-4H3,(H2,22,23,24). The molecule has 1 fully saturated rings. The largest absolute Gasteiger partial charge is 0.347 e. The van der Waals surface area contributed by atoms with E-state index in [1.54, 1.807) is 11.1 Å². The number of amides is 1. The highest BCUT2D eigenvalue weighted by Gasteiger charge is 2.51. The first-order valence-electron chi connectivity index (χ1n) is 9.36. The van der Waals surface area contributed by atoms with Crippen LogP contribution in [0, 0.1) is 11.3 Å². The highest BCUT2D eigenvalue weighted by Crippen LogP contribution is 2.57. The fourth-order valence-electron chi connectivity index (χ4n) is 5.49. The van der Waals surface area contributed by atoms with E-state index in [9.17, 15) is 4.79 Å². The molecule has 0 heterocycles. The van der Waals surface area contributed by atoms with E-state index < -0.39 is 0 Å². The van der Waals surface area contributed by atoms with Crippen molar-refractivity contribution in [1.29, 1.82) is 0 Å². The molecule has 3 atom stereocenters. The van der Waals surface area contributed by atoms with Gasteiger partial charge in [-0.2, -0.15) is 0 Å². The predicted molar refractivity (Wildman–Crippen MR) is 104 cm³/mol. The summed E-state index contributed by atoms with van der Waals surface area (Å²) in [5.41, 5.74) is 4.97. The molecule has 0 bridgehead atoms. The normalized spacial score (nSPS) is 32.2. The summed E-state index contributed by atoms with van der Waals surface area (Å²) < 4.78 is 0. The van der Waals surface area contributed by atoms with Crippen LogP contribution < -0.4 is 5.32 Å². The molecule has 1 amide bonds. The van der Waals surface area contributed by atoms with E-state index in [1.807, 2.05) is 0 Å². The van der Waals surface area contributed by atoms with Gasteiger partial charge in [-0.05, 0) is 65.0 Å². The Bertz CT molecular complexity index is 641. The molecule has 2 nitrogen and oxygen atoms in total. The van der Waals surface area contributed by atoms with E-state index in [0.29, 0.717) is 11.8 Å². The summed E-state index contributed by atoms with van der Waals surface area (Å²) in [6.07, 6.45) is 6.08. The third-order valence-electron chi connectivity index (χ3n) is 6.81. The lowest BCUT2D eigenvalue weighted by Crippen LogP contribution is -2.52. The van der Waals surface area contributed by atoms with Gasteiger partial charge in [-0.25, -0.2) is 0 Å². The van der Waals surface area contributed by atoms with Gasteiger partial charge in [0.2, 0.25) is 0 Å². The van der Waals surface area contributed by atoms with Crippen molar-refractivity contribution in [2.75, 3.05) is 6.54 Å². The highest BCUT2D eigenvalue weighted by atomic mass is 32.1. The van der Waals surface area contributed by atoms with Crippen LogP contribution in [0.1, 0.15) is 76.0 Å². The number of carbonyl (C=O) groups is 1. The fraction of sp³-hybridized carbons (Fsp3) is 0.667. The van der Waals surface area contributed by atoms with Crippen LogP contribution in [0.5, 0.6) is 0 Å². The molecular formula is C21H31NOS. The molecule has 3 rings (SSSR count). The van der Waals surface area contributed by atoms with Gasteiger partial charge in [0.1, 0.15) is 0 Å². The third kappa shape index (κ3) is 3.00. The average Bonchev–Trinajstić information content (AvgIpc) is 2.52. The van der Waals surface area contributed by atoms with Crippen molar-refractivity contribution in [2.45, 2.75) is 71.1 Å². The number of benzene rings is 1. The maximum absolute atomic E-state index is 11.3. The maximum Gasteiger partial charge on any atom is 0.275 e. The van der Waals surface area contributed by atoms with Gasteiger partial charge in [0.15, 0.2) is 0 Å². The minimum absolute atomic E-state index is 0.166. The molecule has 1 saturated carbocycles. The van der Waals surface area contributed by atoms with E-state index in [0.717, 1.165) is 6.54 Å². The molecule has 2 aliphatic carbocycles. The van der Waals surface area contributed by atoms with Crippen LogP contribution in [0.25, 0.3) is 0 Å². The van der Waals surface area contributed by atoms with E-state index in [-0.39, 0.29) is 16.1 Å². The zero-order valence-corrected chi connectivity index (χ0v) is 16.4. The summed E-state index contributed by atoms with van der Waals surface area (Å²) in [7, 11) is 0. The molecule has 0 saturated heterocycles. The Kier molecular flexibility index (Phi) is 4.76. The monoisotopic (exact) mass is 345 g/mol. The Hall–Kier alpha value is -0.960. The Morgan fingerprint density at radius 2 is 2.08 bits per heavy atom. The average molecular weight is 346 g/mol. The van der Waals surface area contributed by atoms with E-state index in [1.165, 1.54) is 37.7 Å². The Balaban J connectivity index is 1.95. The first-order chi connectivity index (χ1) is 11.3. The van der Waals surface area contributed by atoms with Gasteiger partial charge in [-0.1, -0.05) is 64.9 Å².